The van der Waals surface area contributed by atoms with Crippen molar-refractivity contribution in [2.24, 2.45) is 0 Å². The van der Waals surface area contributed by atoms with E-state index in [0.29, 0.717) is 0 Å². The van der Waals surface area contributed by atoms with Crippen molar-refractivity contribution in [1.29, 1.82) is 0 Å². The molecule has 17 heavy (non-hydrogen) atoms. The Bertz CT molecular complexity index is 246. The van der Waals surface area contributed by atoms with Crippen LogP contribution in [0.2, 0.25) is 0 Å². The van der Waals surface area contributed by atoms with Gasteiger partial charge in [-0.15, -0.1) is 0 Å². The molecule has 1 rings (SSSR count). The maximum absolute atomic E-state index is 11.3. The molecule has 6 nitrogen and oxygen atoms in total. The van der Waals surface area contributed by atoms with Crippen LogP contribution in [0.5, 0.6) is 0 Å². The second-order valence-electron chi connectivity index (χ2n) is 3.73. The molecule has 0 unspecified atom stereocenters. The average Bonchev–Trinajstić information content (AvgIpc) is 2.35. The van der Waals surface area contributed by atoms with Gasteiger partial charge in [-0.25, -0.2) is 9.59 Å². The number of carbonyl (C=O) groups is 2. The quantitative estimate of drug-likeness (QED) is 0.402. The van der Waals surface area contributed by atoms with Gasteiger partial charge in [0.1, 0.15) is 12.9 Å². The number of unbranched alkanes of at least 4 members (excludes halogenated alkanes) is 2. The lowest BCUT2D eigenvalue weighted by molar-refractivity contribution is -0.191. The molecule has 1 aliphatic heterocycles. The van der Waals surface area contributed by atoms with Crippen molar-refractivity contribution in [3.05, 3.63) is 0 Å². The molecule has 1 fully saturated rings. The second-order valence-corrected chi connectivity index (χ2v) is 3.73. The van der Waals surface area contributed by atoms with Gasteiger partial charge in [-0.3, -0.25) is 0 Å². The van der Waals surface area contributed by atoms with Crippen LogP contribution in [-0.4, -0.2) is 44.7 Å². The van der Waals surface area contributed by atoms with Gasteiger partial charge >= 0.3 is 11.9 Å². The van der Waals surface area contributed by atoms with Crippen LogP contribution in [0.1, 0.15) is 26.2 Å². The number of hydrogen-bond acceptors (Lipinski definition) is 6. The molecule has 0 spiro atoms. The summed E-state index contributed by atoms with van der Waals surface area (Å²) in [5.41, 5.74) is 0. The summed E-state index contributed by atoms with van der Waals surface area (Å²) < 4.78 is 19.4. The van der Waals surface area contributed by atoms with Crippen molar-refractivity contribution in [2.45, 2.75) is 32.3 Å². The molecule has 1 aliphatic rings. The number of ether oxygens (including phenoxy) is 4. The fourth-order valence-corrected chi connectivity index (χ4v) is 1.31. The Hall–Kier alpha value is -1.14. The molecule has 0 aromatic heterocycles. The summed E-state index contributed by atoms with van der Waals surface area (Å²) in [6.45, 7) is 2.97. The van der Waals surface area contributed by atoms with E-state index in [-0.39, 0.29) is 26.6 Å². The Morgan fingerprint density at radius 2 is 1.88 bits per heavy atom. The number of carbonyl (C=O) groups excluding carboxylic acids is 2. The van der Waals surface area contributed by atoms with Crippen LogP contribution in [0.25, 0.3) is 0 Å². The first kappa shape index (κ1) is 13.9. The van der Waals surface area contributed by atoms with Gasteiger partial charge in [0.2, 0.25) is 0 Å². The summed E-state index contributed by atoms with van der Waals surface area (Å²) >= 11 is 0. The van der Waals surface area contributed by atoms with Crippen LogP contribution >= 0.6 is 0 Å². The van der Waals surface area contributed by atoms with Crippen molar-refractivity contribution >= 4 is 11.9 Å². The van der Waals surface area contributed by atoms with E-state index in [2.05, 4.69) is 0 Å². The van der Waals surface area contributed by atoms with E-state index >= 15 is 0 Å². The van der Waals surface area contributed by atoms with E-state index in [4.69, 9.17) is 18.9 Å². The molecule has 1 heterocycles. The molecule has 0 aromatic rings. The zero-order valence-corrected chi connectivity index (χ0v) is 9.98. The smallest absolute Gasteiger partial charge is 0.417 e. The molecule has 98 valence electrons. The molecule has 0 bridgehead atoms. The normalized spacial score (nSPS) is 16.5. The molecule has 0 N–H and O–H groups in total. The minimum Gasteiger partial charge on any atom is -0.457 e. The molecular formula is C11H18O6. The van der Waals surface area contributed by atoms with Crippen LogP contribution in [0, 0.1) is 0 Å². The molecule has 0 amide bonds. The van der Waals surface area contributed by atoms with Crippen LogP contribution in [-0.2, 0) is 28.5 Å². The largest absolute Gasteiger partial charge is 0.457 e. The van der Waals surface area contributed by atoms with Gasteiger partial charge in [0.25, 0.3) is 0 Å². The van der Waals surface area contributed by atoms with Gasteiger partial charge in [-0.1, -0.05) is 19.8 Å². The summed E-state index contributed by atoms with van der Waals surface area (Å²) in [6.07, 6.45) is 2.22. The van der Waals surface area contributed by atoms with Crippen molar-refractivity contribution in [1.82, 2.24) is 0 Å². The lowest BCUT2D eigenvalue weighted by Crippen LogP contribution is -2.36. The molecule has 0 aliphatic carbocycles. The highest BCUT2D eigenvalue weighted by Gasteiger charge is 2.24. The Morgan fingerprint density at radius 1 is 1.18 bits per heavy atom. The van der Waals surface area contributed by atoms with Crippen LogP contribution in [0.3, 0.4) is 0 Å². The van der Waals surface area contributed by atoms with Crippen LogP contribution in [0.15, 0.2) is 0 Å². The van der Waals surface area contributed by atoms with Gasteiger partial charge in [-0.05, 0) is 6.42 Å². The highest BCUT2D eigenvalue weighted by molar-refractivity contribution is 6.29. The Morgan fingerprint density at radius 3 is 2.53 bits per heavy atom. The lowest BCUT2D eigenvalue weighted by atomic mass is 10.3. The standard InChI is InChI=1S/C11H18O6/c1-2-3-4-5-16-10(12)11(13)17-9-6-14-8-15-7-9/h9H,2-8H2,1H3. The summed E-state index contributed by atoms with van der Waals surface area (Å²) in [5, 5.41) is 0. The maximum Gasteiger partial charge on any atom is 0.417 e. The van der Waals surface area contributed by atoms with Crippen LogP contribution in [0.4, 0.5) is 0 Å². The third kappa shape index (κ3) is 5.65. The molecule has 0 saturated carbocycles. The summed E-state index contributed by atoms with van der Waals surface area (Å²) in [6, 6.07) is 0. The highest BCUT2D eigenvalue weighted by atomic mass is 16.7. The third-order valence-electron chi connectivity index (χ3n) is 2.20. The van der Waals surface area contributed by atoms with Crippen LogP contribution < -0.4 is 0 Å². The topological polar surface area (TPSA) is 71.1 Å². The lowest BCUT2D eigenvalue weighted by Gasteiger charge is -2.21. The first-order valence-corrected chi connectivity index (χ1v) is 5.77. The zero-order chi connectivity index (χ0) is 12.5. The van der Waals surface area contributed by atoms with Gasteiger partial charge in [0.05, 0.1) is 19.8 Å². The van der Waals surface area contributed by atoms with Crippen molar-refractivity contribution in [3.63, 3.8) is 0 Å². The van der Waals surface area contributed by atoms with Crippen molar-refractivity contribution in [3.8, 4) is 0 Å². The van der Waals surface area contributed by atoms with Gasteiger partial charge in [0, 0.05) is 0 Å². The minimum atomic E-state index is -0.986. The Labute approximate surface area is 100 Å². The molecule has 1 saturated heterocycles. The van der Waals surface area contributed by atoms with E-state index in [1.54, 1.807) is 0 Å². The molecule has 0 aromatic carbocycles. The highest BCUT2D eigenvalue weighted by Crippen LogP contribution is 2.03. The van der Waals surface area contributed by atoms with E-state index < -0.39 is 18.0 Å². The first-order chi connectivity index (χ1) is 8.24. The monoisotopic (exact) mass is 246 g/mol. The van der Waals surface area contributed by atoms with E-state index in [1.165, 1.54) is 0 Å². The van der Waals surface area contributed by atoms with Gasteiger partial charge in [-0.2, -0.15) is 0 Å². The summed E-state index contributed by atoms with van der Waals surface area (Å²) in [5.74, 6) is -1.94. The summed E-state index contributed by atoms with van der Waals surface area (Å²) in [7, 11) is 0. The molecular weight excluding hydrogens is 228 g/mol. The van der Waals surface area contributed by atoms with E-state index in [0.717, 1.165) is 19.3 Å². The fourth-order valence-electron chi connectivity index (χ4n) is 1.31. The number of rotatable bonds is 5. The minimum absolute atomic E-state index is 0.190. The second kappa shape index (κ2) is 8.03. The molecule has 6 heteroatoms. The van der Waals surface area contributed by atoms with E-state index in [1.807, 2.05) is 6.92 Å². The molecule has 0 atom stereocenters. The average molecular weight is 246 g/mol. The number of esters is 2. The fraction of sp³-hybridized carbons (Fsp3) is 0.818. The number of hydrogen-bond donors (Lipinski definition) is 0. The zero-order valence-electron chi connectivity index (χ0n) is 9.98. The third-order valence-corrected chi connectivity index (χ3v) is 2.20. The predicted octanol–water partition coefficient (Wildman–Crippen LogP) is 0.636. The van der Waals surface area contributed by atoms with E-state index in [9.17, 15) is 9.59 Å². The first-order valence-electron chi connectivity index (χ1n) is 5.77. The molecule has 0 radical (unpaired) electrons. The Balaban J connectivity index is 2.15. The van der Waals surface area contributed by atoms with Crippen molar-refractivity contribution in [2.75, 3.05) is 26.6 Å². The Kier molecular flexibility index (Phi) is 6.57. The SMILES string of the molecule is CCCCCOC(=O)C(=O)OC1COCOC1. The van der Waals surface area contributed by atoms with Crippen molar-refractivity contribution < 1.29 is 28.5 Å². The van der Waals surface area contributed by atoms with Gasteiger partial charge in [0.15, 0.2) is 0 Å². The maximum atomic E-state index is 11.3. The predicted molar refractivity (Wildman–Crippen MR) is 57.1 cm³/mol. The summed E-state index contributed by atoms with van der Waals surface area (Å²) in [4.78, 5) is 22.5. The van der Waals surface area contributed by atoms with Gasteiger partial charge < -0.3 is 18.9 Å².